The van der Waals surface area contributed by atoms with Crippen molar-refractivity contribution in [3.63, 3.8) is 0 Å². The van der Waals surface area contributed by atoms with Crippen molar-refractivity contribution in [2.45, 2.75) is 12.6 Å². The first-order valence-electron chi connectivity index (χ1n) is 8.43. The summed E-state index contributed by atoms with van der Waals surface area (Å²) in [5, 5.41) is 5.10. The van der Waals surface area contributed by atoms with Crippen LogP contribution >= 0.6 is 11.3 Å². The van der Waals surface area contributed by atoms with Gasteiger partial charge in [0.05, 0.1) is 12.6 Å². The highest BCUT2D eigenvalue weighted by atomic mass is 32.1. The molecule has 1 heterocycles. The number of carbonyl (C=O) groups is 1. The highest BCUT2D eigenvalue weighted by molar-refractivity contribution is 7.10. The number of halogens is 1. The molecule has 1 atom stereocenters. The third kappa shape index (κ3) is 4.77. The molecule has 1 unspecified atom stereocenters. The highest BCUT2D eigenvalue weighted by Gasteiger charge is 2.18. The molecule has 5 heteroatoms. The van der Waals surface area contributed by atoms with Crippen LogP contribution in [-0.2, 0) is 11.3 Å². The molecule has 3 nitrogen and oxygen atoms in total. The van der Waals surface area contributed by atoms with Crippen molar-refractivity contribution in [3.05, 3.63) is 93.9 Å². The van der Waals surface area contributed by atoms with E-state index in [4.69, 9.17) is 0 Å². The number of benzene rings is 2. The van der Waals surface area contributed by atoms with Crippen molar-refractivity contribution in [2.75, 3.05) is 13.6 Å². The van der Waals surface area contributed by atoms with Crippen molar-refractivity contribution in [1.29, 1.82) is 0 Å². The molecule has 1 amide bonds. The van der Waals surface area contributed by atoms with Crippen LogP contribution < -0.4 is 5.32 Å². The van der Waals surface area contributed by atoms with Gasteiger partial charge in [-0.3, -0.25) is 9.69 Å². The van der Waals surface area contributed by atoms with Crippen molar-refractivity contribution in [2.24, 2.45) is 0 Å². The monoisotopic (exact) mass is 368 g/mol. The van der Waals surface area contributed by atoms with Gasteiger partial charge in [0.25, 0.3) is 0 Å². The SMILES string of the molecule is CN(CC(=O)NC(c1ccccc1)c1cccs1)Cc1ccccc1F. The third-order valence-corrected chi connectivity index (χ3v) is 5.01. The first-order valence-corrected chi connectivity index (χ1v) is 9.31. The lowest BCUT2D eigenvalue weighted by Crippen LogP contribution is -2.37. The standard InChI is InChI=1S/C21H21FN2OS/c1-24(14-17-10-5-6-11-18(17)22)15-20(25)23-21(19-12-7-13-26-19)16-8-3-2-4-9-16/h2-13,21H,14-15H2,1H3,(H,23,25). The highest BCUT2D eigenvalue weighted by Crippen LogP contribution is 2.25. The summed E-state index contributed by atoms with van der Waals surface area (Å²) in [5.41, 5.74) is 1.63. The average molecular weight is 368 g/mol. The van der Waals surface area contributed by atoms with Crippen LogP contribution in [-0.4, -0.2) is 24.4 Å². The third-order valence-electron chi connectivity index (χ3n) is 4.08. The van der Waals surface area contributed by atoms with Gasteiger partial charge >= 0.3 is 0 Å². The quantitative estimate of drug-likeness (QED) is 0.677. The fourth-order valence-electron chi connectivity index (χ4n) is 2.84. The van der Waals surface area contributed by atoms with E-state index in [9.17, 15) is 9.18 Å². The summed E-state index contributed by atoms with van der Waals surface area (Å²) in [6.45, 7) is 0.581. The lowest BCUT2D eigenvalue weighted by Gasteiger charge is -2.21. The van der Waals surface area contributed by atoms with Gasteiger partial charge in [-0.2, -0.15) is 0 Å². The van der Waals surface area contributed by atoms with E-state index in [1.807, 2.05) is 59.8 Å². The lowest BCUT2D eigenvalue weighted by atomic mass is 10.1. The number of amides is 1. The molecular weight excluding hydrogens is 347 g/mol. The molecular formula is C21H21FN2OS. The Labute approximate surface area is 157 Å². The van der Waals surface area contributed by atoms with E-state index >= 15 is 0 Å². The van der Waals surface area contributed by atoms with Crippen molar-refractivity contribution in [1.82, 2.24) is 10.2 Å². The Hall–Kier alpha value is -2.50. The minimum absolute atomic E-state index is 0.0916. The van der Waals surface area contributed by atoms with Gasteiger partial charge in [0, 0.05) is 17.0 Å². The maximum atomic E-state index is 13.8. The number of carbonyl (C=O) groups excluding carboxylic acids is 1. The fraction of sp³-hybridized carbons (Fsp3) is 0.190. The first-order chi connectivity index (χ1) is 12.6. The molecule has 0 spiro atoms. The molecule has 0 aliphatic rings. The molecule has 0 aliphatic carbocycles. The van der Waals surface area contributed by atoms with E-state index in [0.717, 1.165) is 10.4 Å². The van der Waals surface area contributed by atoms with E-state index in [2.05, 4.69) is 5.32 Å². The smallest absolute Gasteiger partial charge is 0.234 e. The van der Waals surface area contributed by atoms with Crippen LogP contribution in [0.5, 0.6) is 0 Å². The molecule has 0 saturated carbocycles. The van der Waals surface area contributed by atoms with Crippen molar-refractivity contribution in [3.8, 4) is 0 Å². The Morgan fingerprint density at radius 3 is 2.50 bits per heavy atom. The summed E-state index contributed by atoms with van der Waals surface area (Å²) in [6, 6.07) is 20.4. The minimum Gasteiger partial charge on any atom is -0.343 e. The molecule has 2 aromatic carbocycles. The molecule has 134 valence electrons. The van der Waals surface area contributed by atoms with Gasteiger partial charge in [-0.1, -0.05) is 54.6 Å². The number of likely N-dealkylation sites (N-methyl/N-ethyl adjacent to an activating group) is 1. The Balaban J connectivity index is 1.66. The first kappa shape index (κ1) is 18.3. The molecule has 3 aromatic rings. The van der Waals surface area contributed by atoms with Crippen LogP contribution in [0.15, 0.2) is 72.1 Å². The Morgan fingerprint density at radius 1 is 1.08 bits per heavy atom. The predicted octanol–water partition coefficient (Wildman–Crippen LogP) is 4.22. The second kappa shape index (κ2) is 8.74. The molecule has 0 radical (unpaired) electrons. The second-order valence-electron chi connectivity index (χ2n) is 6.19. The molecule has 3 rings (SSSR count). The summed E-state index contributed by atoms with van der Waals surface area (Å²) in [6.07, 6.45) is 0. The van der Waals surface area contributed by atoms with Crippen LogP contribution in [0.2, 0.25) is 0 Å². The Bertz CT molecular complexity index is 836. The van der Waals surface area contributed by atoms with Crippen LogP contribution in [0, 0.1) is 5.82 Å². The maximum Gasteiger partial charge on any atom is 0.234 e. The van der Waals surface area contributed by atoms with Gasteiger partial charge in [-0.05, 0) is 30.1 Å². The molecule has 0 bridgehead atoms. The van der Waals surface area contributed by atoms with Gasteiger partial charge in [0.15, 0.2) is 0 Å². The average Bonchev–Trinajstić information content (AvgIpc) is 3.17. The lowest BCUT2D eigenvalue weighted by molar-refractivity contribution is -0.122. The molecule has 1 aromatic heterocycles. The van der Waals surface area contributed by atoms with Crippen molar-refractivity contribution < 1.29 is 9.18 Å². The normalized spacial score (nSPS) is 12.1. The molecule has 26 heavy (non-hydrogen) atoms. The summed E-state index contributed by atoms with van der Waals surface area (Å²) < 4.78 is 13.8. The molecule has 0 saturated heterocycles. The summed E-state index contributed by atoms with van der Waals surface area (Å²) in [5.74, 6) is -0.341. The number of hydrogen-bond acceptors (Lipinski definition) is 3. The zero-order chi connectivity index (χ0) is 18.4. The maximum absolute atomic E-state index is 13.8. The fourth-order valence-corrected chi connectivity index (χ4v) is 3.65. The van der Waals surface area contributed by atoms with Crippen LogP contribution in [0.1, 0.15) is 22.0 Å². The van der Waals surface area contributed by atoms with E-state index in [-0.39, 0.29) is 24.3 Å². The van der Waals surface area contributed by atoms with Crippen molar-refractivity contribution >= 4 is 17.2 Å². The summed E-state index contributed by atoms with van der Waals surface area (Å²) in [7, 11) is 1.81. The van der Waals surface area contributed by atoms with Gasteiger partial charge < -0.3 is 5.32 Å². The van der Waals surface area contributed by atoms with Crippen LogP contribution in [0.3, 0.4) is 0 Å². The van der Waals surface area contributed by atoms with Gasteiger partial charge in [-0.25, -0.2) is 4.39 Å². The Morgan fingerprint density at radius 2 is 1.81 bits per heavy atom. The molecule has 0 fully saturated rings. The van der Waals surface area contributed by atoms with Gasteiger partial charge in [0.1, 0.15) is 5.82 Å². The topological polar surface area (TPSA) is 32.3 Å². The van der Waals surface area contributed by atoms with E-state index < -0.39 is 0 Å². The zero-order valence-corrected chi connectivity index (χ0v) is 15.4. The predicted molar refractivity (Wildman–Crippen MR) is 103 cm³/mol. The number of rotatable bonds is 7. The molecule has 0 aliphatic heterocycles. The van der Waals surface area contributed by atoms with Crippen LogP contribution in [0.25, 0.3) is 0 Å². The minimum atomic E-state index is -0.250. The molecule has 1 N–H and O–H groups in total. The number of hydrogen-bond donors (Lipinski definition) is 1. The van der Waals surface area contributed by atoms with E-state index in [1.165, 1.54) is 6.07 Å². The van der Waals surface area contributed by atoms with Gasteiger partial charge in [-0.15, -0.1) is 11.3 Å². The van der Waals surface area contributed by atoms with Crippen LogP contribution in [0.4, 0.5) is 4.39 Å². The number of nitrogens with one attached hydrogen (secondary N) is 1. The summed E-state index contributed by atoms with van der Waals surface area (Å²) in [4.78, 5) is 15.5. The Kier molecular flexibility index (Phi) is 6.15. The summed E-state index contributed by atoms with van der Waals surface area (Å²) >= 11 is 1.61. The number of nitrogens with zero attached hydrogens (tertiary/aromatic N) is 1. The number of thiophene rings is 1. The largest absolute Gasteiger partial charge is 0.343 e. The second-order valence-corrected chi connectivity index (χ2v) is 7.17. The zero-order valence-electron chi connectivity index (χ0n) is 14.6. The van der Waals surface area contributed by atoms with E-state index in [1.54, 1.807) is 29.5 Å². The van der Waals surface area contributed by atoms with E-state index in [0.29, 0.717) is 12.1 Å². The van der Waals surface area contributed by atoms with Gasteiger partial charge in [0.2, 0.25) is 5.91 Å².